The third-order valence-electron chi connectivity index (χ3n) is 4.69. The van der Waals surface area contributed by atoms with Crippen LogP contribution < -0.4 is 5.32 Å². The Morgan fingerprint density at radius 2 is 2.16 bits per heavy atom. The molecule has 6 heteroatoms. The summed E-state index contributed by atoms with van der Waals surface area (Å²) in [6.45, 7) is 8.58. The molecule has 2 aromatic rings. The summed E-state index contributed by atoms with van der Waals surface area (Å²) in [5.41, 5.74) is 1.79. The van der Waals surface area contributed by atoms with E-state index in [-0.39, 0.29) is 6.03 Å². The molecule has 1 N–H and O–H groups in total. The number of hydrogen-bond donors (Lipinski definition) is 1. The van der Waals surface area contributed by atoms with Crippen molar-refractivity contribution in [3.05, 3.63) is 41.9 Å². The van der Waals surface area contributed by atoms with Crippen molar-refractivity contribution in [1.82, 2.24) is 19.7 Å². The van der Waals surface area contributed by atoms with Gasteiger partial charge >= 0.3 is 6.03 Å². The minimum atomic E-state index is -0.0388. The van der Waals surface area contributed by atoms with Crippen LogP contribution in [0.2, 0.25) is 0 Å². The largest absolute Gasteiger partial charge is 0.324 e. The van der Waals surface area contributed by atoms with Gasteiger partial charge in [-0.2, -0.15) is 5.10 Å². The summed E-state index contributed by atoms with van der Waals surface area (Å²) in [5.74, 6) is 1.92. The van der Waals surface area contributed by atoms with Crippen LogP contribution in [0.3, 0.4) is 0 Å². The van der Waals surface area contributed by atoms with E-state index >= 15 is 0 Å². The number of anilines is 1. The van der Waals surface area contributed by atoms with Crippen molar-refractivity contribution in [3.63, 3.8) is 0 Å². The molecule has 6 nitrogen and oxygen atoms in total. The van der Waals surface area contributed by atoms with Crippen molar-refractivity contribution in [2.24, 2.45) is 11.8 Å². The highest BCUT2D eigenvalue weighted by molar-refractivity contribution is 5.88. The molecule has 1 aliphatic heterocycles. The summed E-state index contributed by atoms with van der Waals surface area (Å²) in [7, 11) is 0. The van der Waals surface area contributed by atoms with E-state index in [0.717, 1.165) is 36.7 Å². The lowest BCUT2D eigenvalue weighted by Crippen LogP contribution is -2.38. The van der Waals surface area contributed by atoms with Crippen molar-refractivity contribution < 1.29 is 4.79 Å². The molecule has 134 valence electrons. The maximum atomic E-state index is 12.7. The van der Waals surface area contributed by atoms with Gasteiger partial charge in [-0.3, -0.25) is 10.3 Å². The molecule has 0 aliphatic carbocycles. The fourth-order valence-electron chi connectivity index (χ4n) is 3.51. The number of hydrogen-bond acceptors (Lipinski definition) is 3. The molecular formula is C19H27N5O. The van der Waals surface area contributed by atoms with E-state index < -0.39 is 0 Å². The van der Waals surface area contributed by atoms with Crippen molar-refractivity contribution in [2.45, 2.75) is 40.2 Å². The van der Waals surface area contributed by atoms with Gasteiger partial charge < -0.3 is 4.90 Å². The lowest BCUT2D eigenvalue weighted by atomic mass is 9.97. The summed E-state index contributed by atoms with van der Waals surface area (Å²) in [5, 5.41) is 7.54. The van der Waals surface area contributed by atoms with E-state index in [1.54, 1.807) is 10.9 Å². The molecule has 2 amide bonds. The van der Waals surface area contributed by atoms with Gasteiger partial charge in [0.25, 0.3) is 0 Å². The molecule has 2 atom stereocenters. The van der Waals surface area contributed by atoms with Crippen LogP contribution in [-0.4, -0.2) is 38.8 Å². The number of aromatic nitrogens is 3. The molecule has 3 rings (SSSR count). The minimum absolute atomic E-state index is 0.0388. The maximum absolute atomic E-state index is 12.7. The monoisotopic (exact) mass is 341 g/mol. The predicted octanol–water partition coefficient (Wildman–Crippen LogP) is 3.53. The third kappa shape index (κ3) is 4.59. The Morgan fingerprint density at radius 1 is 1.32 bits per heavy atom. The first-order chi connectivity index (χ1) is 12.0. The highest BCUT2D eigenvalue weighted by Gasteiger charge is 2.23. The van der Waals surface area contributed by atoms with Gasteiger partial charge in [0.1, 0.15) is 5.82 Å². The van der Waals surface area contributed by atoms with Crippen molar-refractivity contribution in [1.29, 1.82) is 0 Å². The molecule has 0 spiro atoms. The van der Waals surface area contributed by atoms with Gasteiger partial charge in [0.2, 0.25) is 0 Å². The second kappa shape index (κ2) is 7.68. The molecule has 0 radical (unpaired) electrons. The summed E-state index contributed by atoms with van der Waals surface area (Å²) >= 11 is 0. The van der Waals surface area contributed by atoms with Gasteiger partial charge in [-0.15, -0.1) is 0 Å². The molecule has 3 heterocycles. The third-order valence-corrected chi connectivity index (χ3v) is 4.69. The van der Waals surface area contributed by atoms with E-state index in [4.69, 9.17) is 0 Å². The molecule has 1 fully saturated rings. The van der Waals surface area contributed by atoms with Crippen LogP contribution in [0.5, 0.6) is 0 Å². The van der Waals surface area contributed by atoms with Gasteiger partial charge in [-0.25, -0.2) is 9.48 Å². The Kier molecular flexibility index (Phi) is 5.36. The van der Waals surface area contributed by atoms with E-state index in [1.807, 2.05) is 36.1 Å². The molecule has 1 saturated heterocycles. The zero-order valence-electron chi connectivity index (χ0n) is 15.3. The number of amides is 2. The smallest absolute Gasteiger partial charge is 0.323 e. The first kappa shape index (κ1) is 17.5. The fraction of sp³-hybridized carbons (Fsp3) is 0.526. The molecule has 25 heavy (non-hydrogen) atoms. The Hall–Kier alpha value is -2.37. The summed E-state index contributed by atoms with van der Waals surface area (Å²) in [6.07, 6.45) is 4.01. The predicted molar refractivity (Wildman–Crippen MR) is 98.5 cm³/mol. The number of aryl methyl sites for hydroxylation is 1. The highest BCUT2D eigenvalue weighted by Crippen LogP contribution is 2.22. The van der Waals surface area contributed by atoms with Crippen LogP contribution in [0, 0.1) is 18.8 Å². The van der Waals surface area contributed by atoms with E-state index in [9.17, 15) is 4.79 Å². The molecule has 1 aliphatic rings. The minimum Gasteiger partial charge on any atom is -0.324 e. The fourth-order valence-corrected chi connectivity index (χ4v) is 3.51. The van der Waals surface area contributed by atoms with E-state index in [1.165, 1.54) is 6.42 Å². The average Bonchev–Trinajstić information content (AvgIpc) is 2.80. The SMILES string of the molecule is Cc1cc(NC(=O)N2CC[C@H](C)C[C@@H](C)C2)n(Cc2ccccn2)n1. The van der Waals surface area contributed by atoms with Crippen LogP contribution in [0.4, 0.5) is 10.6 Å². The van der Waals surface area contributed by atoms with Gasteiger partial charge in [0.15, 0.2) is 0 Å². The second-order valence-electron chi connectivity index (χ2n) is 7.26. The average molecular weight is 341 g/mol. The molecule has 0 aromatic carbocycles. The maximum Gasteiger partial charge on any atom is 0.323 e. The van der Waals surface area contributed by atoms with Gasteiger partial charge in [0, 0.05) is 25.4 Å². The Labute approximate surface area is 149 Å². The summed E-state index contributed by atoms with van der Waals surface area (Å²) in [4.78, 5) is 19.0. The Morgan fingerprint density at radius 3 is 2.92 bits per heavy atom. The highest BCUT2D eigenvalue weighted by atomic mass is 16.2. The summed E-state index contributed by atoms with van der Waals surface area (Å²) < 4.78 is 1.81. The Balaban J connectivity index is 1.71. The van der Waals surface area contributed by atoms with Crippen molar-refractivity contribution in [2.75, 3.05) is 18.4 Å². The molecule has 2 aromatic heterocycles. The summed E-state index contributed by atoms with van der Waals surface area (Å²) in [6, 6.07) is 7.67. The van der Waals surface area contributed by atoms with Crippen LogP contribution in [0.1, 0.15) is 38.1 Å². The number of carbonyl (C=O) groups excluding carboxylic acids is 1. The zero-order valence-corrected chi connectivity index (χ0v) is 15.3. The standard InChI is InChI=1S/C19H27N5O/c1-14-7-9-23(12-15(2)10-14)19(25)21-18-11-16(3)22-24(18)13-17-6-4-5-8-20-17/h4-6,8,11,14-15H,7,9-10,12-13H2,1-3H3,(H,21,25)/t14-,15+/m0/s1. The number of urea groups is 1. The number of likely N-dealkylation sites (tertiary alicyclic amines) is 1. The van der Waals surface area contributed by atoms with Gasteiger partial charge in [-0.1, -0.05) is 19.9 Å². The molecule has 0 unspecified atom stereocenters. The number of carbonyl (C=O) groups is 1. The van der Waals surface area contributed by atoms with Gasteiger partial charge in [0.05, 0.1) is 17.9 Å². The lowest BCUT2D eigenvalue weighted by molar-refractivity contribution is 0.207. The first-order valence-electron chi connectivity index (χ1n) is 9.01. The van der Waals surface area contributed by atoms with Crippen LogP contribution >= 0.6 is 0 Å². The first-order valence-corrected chi connectivity index (χ1v) is 9.01. The van der Waals surface area contributed by atoms with E-state index in [0.29, 0.717) is 18.4 Å². The zero-order chi connectivity index (χ0) is 17.8. The lowest BCUT2D eigenvalue weighted by Gasteiger charge is -2.23. The van der Waals surface area contributed by atoms with Crippen molar-refractivity contribution >= 4 is 11.8 Å². The van der Waals surface area contributed by atoms with Crippen LogP contribution in [0.25, 0.3) is 0 Å². The number of rotatable bonds is 3. The molecule has 0 bridgehead atoms. The normalized spacial score (nSPS) is 21.0. The number of pyridine rings is 1. The number of nitrogens with zero attached hydrogens (tertiary/aromatic N) is 4. The van der Waals surface area contributed by atoms with Gasteiger partial charge in [-0.05, 0) is 43.7 Å². The Bertz CT molecular complexity index is 712. The topological polar surface area (TPSA) is 63.1 Å². The quantitative estimate of drug-likeness (QED) is 0.929. The second-order valence-corrected chi connectivity index (χ2v) is 7.26. The van der Waals surface area contributed by atoms with Crippen LogP contribution in [-0.2, 0) is 6.54 Å². The van der Waals surface area contributed by atoms with Crippen molar-refractivity contribution in [3.8, 4) is 0 Å². The van der Waals surface area contributed by atoms with Crippen LogP contribution in [0.15, 0.2) is 30.5 Å². The molecule has 0 saturated carbocycles. The van der Waals surface area contributed by atoms with E-state index in [2.05, 4.69) is 29.2 Å². The molecular weight excluding hydrogens is 314 g/mol. The number of nitrogens with one attached hydrogen (secondary N) is 1.